The summed E-state index contributed by atoms with van der Waals surface area (Å²) in [6.45, 7) is 13.6. The van der Waals surface area contributed by atoms with Gasteiger partial charge in [-0.1, -0.05) is 187 Å². The third kappa shape index (κ3) is 6.56. The summed E-state index contributed by atoms with van der Waals surface area (Å²) >= 11 is 1.87. The van der Waals surface area contributed by atoms with Gasteiger partial charge in [-0.05, 0) is 128 Å². The van der Waals surface area contributed by atoms with Gasteiger partial charge in [0, 0.05) is 49.0 Å². The second-order valence-corrected chi connectivity index (χ2v) is 21.2. The van der Waals surface area contributed by atoms with Crippen molar-refractivity contribution in [2.24, 2.45) is 0 Å². The Kier molecular flexibility index (Phi) is 9.47. The third-order valence-corrected chi connectivity index (χ3v) is 15.2. The molecule has 326 valence electrons. The third-order valence-electron chi connectivity index (χ3n) is 14.0. The van der Waals surface area contributed by atoms with Crippen molar-refractivity contribution in [3.05, 3.63) is 240 Å². The van der Waals surface area contributed by atoms with E-state index in [1.165, 1.54) is 54.3 Å². The average Bonchev–Trinajstić information content (AvgIpc) is 3.86. The summed E-state index contributed by atoms with van der Waals surface area (Å²) in [5.41, 5.74) is 18.1. The SMILES string of the molecule is CC(C)(C)c1ccc(N(c2ccc(C(C)(C)C)cc2)c2cc(N(c3ccccc3)c3ccc4c(c3)Sc3ccccc3C43c4ccccc4-c4ccccc43)c3oc4ccccc4c3c2)cc1. The number of hydrogen-bond acceptors (Lipinski definition) is 4. The number of benzene rings is 9. The van der Waals surface area contributed by atoms with Crippen molar-refractivity contribution in [1.29, 1.82) is 0 Å². The van der Waals surface area contributed by atoms with Crippen LogP contribution in [0.5, 0.6) is 0 Å². The Hall–Kier alpha value is -7.27. The summed E-state index contributed by atoms with van der Waals surface area (Å²) in [4.78, 5) is 7.32. The highest BCUT2D eigenvalue weighted by atomic mass is 32.2. The number of anilines is 6. The van der Waals surface area contributed by atoms with Crippen molar-refractivity contribution >= 4 is 67.8 Å². The lowest BCUT2D eigenvalue weighted by atomic mass is 9.67. The van der Waals surface area contributed by atoms with Crippen LogP contribution in [0.25, 0.3) is 33.1 Å². The molecule has 4 heteroatoms. The summed E-state index contributed by atoms with van der Waals surface area (Å²) < 4.78 is 7.01. The first-order chi connectivity index (χ1) is 32.5. The summed E-state index contributed by atoms with van der Waals surface area (Å²) in [5, 5.41) is 2.14. The van der Waals surface area contributed by atoms with E-state index < -0.39 is 5.41 Å². The van der Waals surface area contributed by atoms with Gasteiger partial charge in [0.15, 0.2) is 5.58 Å². The molecule has 0 bridgehead atoms. The van der Waals surface area contributed by atoms with Gasteiger partial charge in [-0.2, -0.15) is 0 Å². The molecule has 0 saturated carbocycles. The fourth-order valence-corrected chi connectivity index (χ4v) is 12.0. The lowest BCUT2D eigenvalue weighted by molar-refractivity contribution is 0.590. The highest BCUT2D eigenvalue weighted by Crippen LogP contribution is 2.63. The largest absolute Gasteiger partial charge is 0.454 e. The van der Waals surface area contributed by atoms with Gasteiger partial charge >= 0.3 is 0 Å². The van der Waals surface area contributed by atoms with E-state index in [0.29, 0.717) is 0 Å². The van der Waals surface area contributed by atoms with Crippen LogP contribution in [0.3, 0.4) is 0 Å². The molecule has 0 saturated heterocycles. The molecule has 3 nitrogen and oxygen atoms in total. The van der Waals surface area contributed by atoms with E-state index in [9.17, 15) is 0 Å². The monoisotopic (exact) mass is 884 g/mol. The molecule has 10 aromatic rings. The first kappa shape index (κ1) is 41.2. The Morgan fingerprint density at radius 1 is 0.388 bits per heavy atom. The first-order valence-electron chi connectivity index (χ1n) is 23.4. The number of hydrogen-bond donors (Lipinski definition) is 0. The van der Waals surface area contributed by atoms with Crippen LogP contribution in [0.4, 0.5) is 34.1 Å². The molecular weight excluding hydrogens is 833 g/mol. The fourth-order valence-electron chi connectivity index (χ4n) is 10.8. The molecule has 12 rings (SSSR count). The van der Waals surface area contributed by atoms with Gasteiger partial charge in [0.05, 0.1) is 11.1 Å². The molecule has 2 heterocycles. The van der Waals surface area contributed by atoms with Crippen LogP contribution in [-0.2, 0) is 16.2 Å². The Morgan fingerprint density at radius 3 is 1.52 bits per heavy atom. The topological polar surface area (TPSA) is 19.6 Å². The predicted octanol–water partition coefficient (Wildman–Crippen LogP) is 17.9. The zero-order valence-corrected chi connectivity index (χ0v) is 39.7. The van der Waals surface area contributed by atoms with Crippen LogP contribution in [0.1, 0.15) is 74.9 Å². The number of furan rings is 1. The molecule has 9 aromatic carbocycles. The second-order valence-electron chi connectivity index (χ2n) is 20.2. The summed E-state index contributed by atoms with van der Waals surface area (Å²) in [7, 11) is 0. The van der Waals surface area contributed by atoms with Gasteiger partial charge in [-0.15, -0.1) is 0 Å². The highest BCUT2D eigenvalue weighted by Gasteiger charge is 2.50. The molecule has 0 fully saturated rings. The van der Waals surface area contributed by atoms with Crippen molar-refractivity contribution in [3.63, 3.8) is 0 Å². The van der Waals surface area contributed by atoms with E-state index in [4.69, 9.17) is 4.42 Å². The predicted molar refractivity (Wildman–Crippen MR) is 282 cm³/mol. The van der Waals surface area contributed by atoms with Crippen molar-refractivity contribution in [2.45, 2.75) is 67.6 Å². The molecule has 1 aromatic heterocycles. The van der Waals surface area contributed by atoms with Crippen molar-refractivity contribution < 1.29 is 4.42 Å². The summed E-state index contributed by atoms with van der Waals surface area (Å²) in [6.07, 6.45) is 0. The summed E-state index contributed by atoms with van der Waals surface area (Å²) in [6, 6.07) is 76.4. The van der Waals surface area contributed by atoms with Crippen LogP contribution >= 0.6 is 11.8 Å². The molecule has 1 spiro atoms. The molecule has 1 aliphatic heterocycles. The Balaban J connectivity index is 1.11. The molecule has 0 N–H and O–H groups in total. The molecule has 2 aliphatic rings. The highest BCUT2D eigenvalue weighted by molar-refractivity contribution is 7.99. The number of para-hydroxylation sites is 2. The van der Waals surface area contributed by atoms with E-state index in [-0.39, 0.29) is 10.8 Å². The smallest absolute Gasteiger partial charge is 0.159 e. The van der Waals surface area contributed by atoms with Crippen LogP contribution < -0.4 is 9.80 Å². The van der Waals surface area contributed by atoms with Gasteiger partial charge in [-0.3, -0.25) is 0 Å². The van der Waals surface area contributed by atoms with Gasteiger partial charge in [0.1, 0.15) is 5.58 Å². The van der Waals surface area contributed by atoms with Crippen LogP contribution in [0.2, 0.25) is 0 Å². The number of fused-ring (bicyclic) bond motifs is 12. The molecule has 0 amide bonds. The second kappa shape index (κ2) is 15.4. The van der Waals surface area contributed by atoms with Crippen LogP contribution in [-0.4, -0.2) is 0 Å². The van der Waals surface area contributed by atoms with Crippen LogP contribution in [0.15, 0.2) is 220 Å². The lowest BCUT2D eigenvalue weighted by Gasteiger charge is -2.40. The average molecular weight is 885 g/mol. The molecule has 0 unspecified atom stereocenters. The zero-order valence-electron chi connectivity index (χ0n) is 38.8. The molecule has 1 aliphatic carbocycles. The summed E-state index contributed by atoms with van der Waals surface area (Å²) in [5.74, 6) is 0. The normalized spacial score (nSPS) is 13.6. The maximum atomic E-state index is 7.01. The maximum Gasteiger partial charge on any atom is 0.159 e. The van der Waals surface area contributed by atoms with Crippen molar-refractivity contribution in [1.82, 2.24) is 0 Å². The lowest BCUT2D eigenvalue weighted by Crippen LogP contribution is -2.32. The Morgan fingerprint density at radius 2 is 0.896 bits per heavy atom. The maximum absolute atomic E-state index is 7.01. The van der Waals surface area contributed by atoms with Crippen molar-refractivity contribution in [2.75, 3.05) is 9.80 Å². The van der Waals surface area contributed by atoms with E-state index in [0.717, 1.165) is 56.1 Å². The van der Waals surface area contributed by atoms with Crippen molar-refractivity contribution in [3.8, 4) is 11.1 Å². The standard InChI is InChI=1S/C63H52N2OS/c1-61(2,3)41-28-32-44(33-29-41)64(45-34-30-42(31-35-45)62(4,5)6)47-38-51-50-22-12-16-26-57(50)66-60(51)56(39-47)65(43-18-8-7-9-19-43)46-36-37-55-59(40-46)67-58-27-17-15-25-54(58)63(55)52-23-13-10-20-48(52)49-21-11-14-24-53(49)63/h7-40H,1-6H3. The fraction of sp³-hybridized carbons (Fsp3) is 0.143. The number of rotatable bonds is 6. The molecular formula is C63H52N2OS. The number of nitrogens with zero attached hydrogens (tertiary/aromatic N) is 2. The quantitative estimate of drug-likeness (QED) is 0.166. The molecule has 0 atom stereocenters. The minimum absolute atomic E-state index is 0.0229. The van der Waals surface area contributed by atoms with Crippen LogP contribution in [0, 0.1) is 0 Å². The van der Waals surface area contributed by atoms with E-state index >= 15 is 0 Å². The first-order valence-corrected chi connectivity index (χ1v) is 24.2. The zero-order chi connectivity index (χ0) is 45.7. The Labute approximate surface area is 398 Å². The Bertz CT molecular complexity index is 3410. The van der Waals surface area contributed by atoms with Gasteiger partial charge < -0.3 is 14.2 Å². The minimum atomic E-state index is -0.460. The van der Waals surface area contributed by atoms with E-state index in [2.05, 4.69) is 258 Å². The molecule has 0 radical (unpaired) electrons. The van der Waals surface area contributed by atoms with E-state index in [1.807, 2.05) is 11.8 Å². The minimum Gasteiger partial charge on any atom is -0.454 e. The van der Waals surface area contributed by atoms with E-state index in [1.54, 1.807) is 0 Å². The van der Waals surface area contributed by atoms with Gasteiger partial charge in [0.2, 0.25) is 0 Å². The molecule has 67 heavy (non-hydrogen) atoms. The van der Waals surface area contributed by atoms with Gasteiger partial charge in [-0.25, -0.2) is 0 Å². The van der Waals surface area contributed by atoms with Gasteiger partial charge in [0.25, 0.3) is 0 Å².